The van der Waals surface area contributed by atoms with Crippen LogP contribution in [0.1, 0.15) is 32.6 Å². The summed E-state index contributed by atoms with van der Waals surface area (Å²) < 4.78 is 28.5. The molecule has 1 saturated heterocycles. The molecule has 0 radical (unpaired) electrons. The Morgan fingerprint density at radius 3 is 2.65 bits per heavy atom. The van der Waals surface area contributed by atoms with E-state index in [0.29, 0.717) is 11.5 Å². The summed E-state index contributed by atoms with van der Waals surface area (Å²) in [5, 5.41) is 0. The molecule has 2 N–H and O–H groups in total. The highest BCUT2D eigenvalue weighted by molar-refractivity contribution is 7.90. The molecule has 0 saturated carbocycles. The van der Waals surface area contributed by atoms with E-state index < -0.39 is 10.0 Å². The molecular weight excluding hydrogens is 274 g/mol. The van der Waals surface area contributed by atoms with E-state index in [-0.39, 0.29) is 4.90 Å². The molecule has 110 valence electrons. The Balaban J connectivity index is 2.21. The van der Waals surface area contributed by atoms with Gasteiger partial charge in [-0.05, 0) is 37.1 Å². The summed E-state index contributed by atoms with van der Waals surface area (Å²) in [4.78, 5) is 2.28. The van der Waals surface area contributed by atoms with E-state index >= 15 is 0 Å². The molecule has 1 aliphatic rings. The van der Waals surface area contributed by atoms with Crippen LogP contribution in [0.2, 0.25) is 0 Å². The number of hydrogen-bond acceptors (Lipinski definition) is 3. The molecule has 0 amide bonds. The fourth-order valence-corrected chi connectivity index (χ4v) is 3.31. The zero-order chi connectivity index (χ0) is 14.6. The molecule has 1 aromatic carbocycles. The molecule has 1 heterocycles. The van der Waals surface area contributed by atoms with E-state index in [1.807, 2.05) is 0 Å². The Bertz CT molecular complexity index is 579. The number of hydrogen-bond donors (Lipinski definition) is 1. The zero-order valence-corrected chi connectivity index (χ0v) is 12.6. The van der Waals surface area contributed by atoms with Crippen molar-refractivity contribution in [2.24, 2.45) is 4.40 Å². The summed E-state index contributed by atoms with van der Waals surface area (Å²) in [5.41, 5.74) is 6.12. The molecule has 0 unspecified atom stereocenters. The quantitative estimate of drug-likeness (QED) is 0.845. The minimum atomic E-state index is -3.63. The first-order valence-corrected chi connectivity index (χ1v) is 8.41. The smallest absolute Gasteiger partial charge is 0.283 e. The van der Waals surface area contributed by atoms with Crippen LogP contribution in [0.4, 0.5) is 5.69 Å². The second-order valence-electron chi connectivity index (χ2n) is 5.00. The number of benzene rings is 1. The summed E-state index contributed by atoms with van der Waals surface area (Å²) in [5.74, 6) is 0.690. The Kier molecular flexibility index (Phi) is 4.65. The van der Waals surface area contributed by atoms with Crippen LogP contribution >= 0.6 is 0 Å². The highest BCUT2D eigenvalue weighted by Crippen LogP contribution is 2.19. The van der Waals surface area contributed by atoms with Gasteiger partial charge in [-0.15, -0.1) is 4.40 Å². The molecule has 1 aliphatic heterocycles. The molecule has 6 heteroatoms. The van der Waals surface area contributed by atoms with Gasteiger partial charge < -0.3 is 10.6 Å². The van der Waals surface area contributed by atoms with Crippen LogP contribution in [-0.4, -0.2) is 32.2 Å². The Morgan fingerprint density at radius 1 is 1.30 bits per heavy atom. The first-order chi connectivity index (χ1) is 9.53. The van der Waals surface area contributed by atoms with Crippen molar-refractivity contribution < 1.29 is 8.42 Å². The molecule has 0 bridgehead atoms. The third kappa shape index (κ3) is 3.50. The number of likely N-dealkylation sites (tertiary alicyclic amines) is 1. The van der Waals surface area contributed by atoms with E-state index in [0.717, 1.165) is 38.8 Å². The predicted octanol–water partition coefficient (Wildman–Crippen LogP) is 2.25. The van der Waals surface area contributed by atoms with Crippen LogP contribution in [0.5, 0.6) is 0 Å². The summed E-state index contributed by atoms with van der Waals surface area (Å²) in [6.07, 6.45) is 3.85. The van der Waals surface area contributed by atoms with Gasteiger partial charge in [0, 0.05) is 25.2 Å². The van der Waals surface area contributed by atoms with Gasteiger partial charge in [-0.25, -0.2) is 0 Å². The van der Waals surface area contributed by atoms with Crippen molar-refractivity contribution in [2.75, 3.05) is 18.8 Å². The fourth-order valence-electron chi connectivity index (χ4n) is 2.24. The maximum absolute atomic E-state index is 12.3. The molecule has 1 aromatic rings. The van der Waals surface area contributed by atoms with Crippen LogP contribution in [0, 0.1) is 0 Å². The molecule has 0 aromatic heterocycles. The number of sulfonamides is 1. The van der Waals surface area contributed by atoms with Gasteiger partial charge in [-0.2, -0.15) is 8.42 Å². The minimum Gasteiger partial charge on any atom is -0.399 e. The lowest BCUT2D eigenvalue weighted by molar-refractivity contribution is 0.440. The van der Waals surface area contributed by atoms with Gasteiger partial charge in [0.1, 0.15) is 5.84 Å². The zero-order valence-electron chi connectivity index (χ0n) is 11.7. The molecule has 2 rings (SSSR count). The lowest BCUT2D eigenvalue weighted by atomic mass is 10.3. The minimum absolute atomic E-state index is 0.196. The van der Waals surface area contributed by atoms with E-state index in [9.17, 15) is 8.42 Å². The van der Waals surface area contributed by atoms with Crippen LogP contribution in [0.3, 0.4) is 0 Å². The van der Waals surface area contributed by atoms with Crippen molar-refractivity contribution >= 4 is 21.5 Å². The summed E-state index contributed by atoms with van der Waals surface area (Å²) in [6, 6.07) is 6.16. The SMILES string of the molecule is CCCCN1CCC/C1=N\S(=O)(=O)c1ccc(N)cc1. The predicted molar refractivity (Wildman–Crippen MR) is 81.2 cm³/mol. The average Bonchev–Trinajstić information content (AvgIpc) is 2.83. The average molecular weight is 295 g/mol. The molecule has 5 nitrogen and oxygen atoms in total. The Hall–Kier alpha value is -1.56. The van der Waals surface area contributed by atoms with Crippen LogP contribution in [-0.2, 0) is 10.0 Å². The number of nitrogens with two attached hydrogens (primary N) is 1. The molecule has 0 aliphatic carbocycles. The standard InChI is InChI=1S/C14H21N3O2S/c1-2-3-10-17-11-4-5-14(17)16-20(18,19)13-8-6-12(15)7-9-13/h6-9H,2-5,10-11,15H2,1H3/b16-14+. The lowest BCUT2D eigenvalue weighted by Gasteiger charge is -2.18. The highest BCUT2D eigenvalue weighted by atomic mass is 32.2. The van der Waals surface area contributed by atoms with E-state index in [2.05, 4.69) is 16.2 Å². The molecule has 20 heavy (non-hydrogen) atoms. The van der Waals surface area contributed by atoms with Crippen LogP contribution < -0.4 is 5.73 Å². The first-order valence-electron chi connectivity index (χ1n) is 6.97. The highest BCUT2D eigenvalue weighted by Gasteiger charge is 2.22. The Labute approximate surface area is 120 Å². The van der Waals surface area contributed by atoms with Crippen molar-refractivity contribution in [1.29, 1.82) is 0 Å². The van der Waals surface area contributed by atoms with Crippen LogP contribution in [0.25, 0.3) is 0 Å². The van der Waals surface area contributed by atoms with Gasteiger partial charge in [-0.1, -0.05) is 13.3 Å². The maximum atomic E-state index is 12.3. The molecular formula is C14H21N3O2S. The first kappa shape index (κ1) is 14.8. The van der Waals surface area contributed by atoms with Gasteiger partial charge in [0.15, 0.2) is 0 Å². The van der Waals surface area contributed by atoms with Gasteiger partial charge in [0.05, 0.1) is 4.90 Å². The third-order valence-corrected chi connectivity index (χ3v) is 4.70. The largest absolute Gasteiger partial charge is 0.399 e. The van der Waals surface area contributed by atoms with Crippen LogP contribution in [0.15, 0.2) is 33.6 Å². The topological polar surface area (TPSA) is 75.8 Å². The number of rotatable bonds is 5. The van der Waals surface area contributed by atoms with Gasteiger partial charge in [-0.3, -0.25) is 0 Å². The monoisotopic (exact) mass is 295 g/mol. The number of nitrogens with zero attached hydrogens (tertiary/aromatic N) is 2. The fraction of sp³-hybridized carbons (Fsp3) is 0.500. The Morgan fingerprint density at radius 2 is 2.00 bits per heavy atom. The van der Waals surface area contributed by atoms with Gasteiger partial charge in [0.25, 0.3) is 10.0 Å². The van der Waals surface area contributed by atoms with Crippen molar-refractivity contribution in [1.82, 2.24) is 4.90 Å². The number of unbranched alkanes of at least 4 members (excludes halogenated alkanes) is 1. The second kappa shape index (κ2) is 6.26. The number of nitrogen functional groups attached to an aromatic ring is 1. The third-order valence-electron chi connectivity index (χ3n) is 3.38. The summed E-state index contributed by atoms with van der Waals surface area (Å²) in [7, 11) is -3.63. The maximum Gasteiger partial charge on any atom is 0.283 e. The van der Waals surface area contributed by atoms with E-state index in [1.54, 1.807) is 12.1 Å². The number of anilines is 1. The molecule has 1 fully saturated rings. The van der Waals surface area contributed by atoms with Crippen molar-refractivity contribution in [3.63, 3.8) is 0 Å². The summed E-state index contributed by atoms with van der Waals surface area (Å²) >= 11 is 0. The normalized spacial score (nSPS) is 17.9. The van der Waals surface area contributed by atoms with Crippen molar-refractivity contribution in [3.05, 3.63) is 24.3 Å². The molecule has 0 spiro atoms. The second-order valence-corrected chi connectivity index (χ2v) is 6.60. The van der Waals surface area contributed by atoms with Gasteiger partial charge >= 0.3 is 0 Å². The van der Waals surface area contributed by atoms with Gasteiger partial charge in [0.2, 0.25) is 0 Å². The molecule has 0 atom stereocenters. The lowest BCUT2D eigenvalue weighted by Crippen LogP contribution is -2.26. The van der Waals surface area contributed by atoms with E-state index in [4.69, 9.17) is 5.73 Å². The summed E-state index contributed by atoms with van der Waals surface area (Å²) in [6.45, 7) is 3.90. The van der Waals surface area contributed by atoms with E-state index in [1.165, 1.54) is 12.1 Å². The van der Waals surface area contributed by atoms with Crippen molar-refractivity contribution in [3.8, 4) is 0 Å². The number of amidine groups is 1. The van der Waals surface area contributed by atoms with Crippen molar-refractivity contribution in [2.45, 2.75) is 37.5 Å².